The van der Waals surface area contributed by atoms with Crippen LogP contribution < -0.4 is 10.2 Å². The molecule has 4 aromatic rings. The Morgan fingerprint density at radius 3 is 2.40 bits per heavy atom. The lowest BCUT2D eigenvalue weighted by Gasteiger charge is -2.48. The molecule has 4 aliphatic heterocycles. The predicted octanol–water partition coefficient (Wildman–Crippen LogP) is 2.71. The van der Waals surface area contributed by atoms with E-state index in [4.69, 9.17) is 9.47 Å². The number of amides is 4. The molecule has 0 saturated carbocycles. The Morgan fingerprint density at radius 1 is 0.907 bits per heavy atom. The molecule has 5 heterocycles. The molecule has 0 radical (unpaired) electrons. The van der Waals surface area contributed by atoms with E-state index < -0.39 is 52.8 Å². The van der Waals surface area contributed by atoms with Gasteiger partial charge in [0.2, 0.25) is 17.4 Å². The van der Waals surface area contributed by atoms with Crippen LogP contribution in [0.2, 0.25) is 0 Å². The van der Waals surface area contributed by atoms with Crippen molar-refractivity contribution in [2.24, 2.45) is 11.8 Å². The Balaban J connectivity index is 1.18. The van der Waals surface area contributed by atoms with Crippen LogP contribution in [0, 0.1) is 11.8 Å². The zero-order valence-corrected chi connectivity index (χ0v) is 23.1. The van der Waals surface area contributed by atoms with E-state index in [1.54, 1.807) is 30.3 Å². The number of hydrogen-bond acceptors (Lipinski definition) is 6. The molecular formula is C33H28N4O6. The molecule has 8 rings (SSSR count). The van der Waals surface area contributed by atoms with E-state index in [-0.39, 0.29) is 19.8 Å². The van der Waals surface area contributed by atoms with Crippen molar-refractivity contribution in [2.75, 3.05) is 24.7 Å². The minimum Gasteiger partial charge on any atom is -0.374 e. The smallest absolute Gasteiger partial charge is 0.268 e. The molecule has 0 unspecified atom stereocenters. The van der Waals surface area contributed by atoms with Gasteiger partial charge in [-0.05, 0) is 35.7 Å². The fraction of sp³-hybridized carbons (Fsp3) is 0.273. The van der Waals surface area contributed by atoms with Crippen LogP contribution in [0.15, 0.2) is 91.1 Å². The summed E-state index contributed by atoms with van der Waals surface area (Å²) in [6, 6.07) is 25.2. The zero-order valence-electron chi connectivity index (χ0n) is 23.1. The van der Waals surface area contributed by atoms with Crippen molar-refractivity contribution in [1.29, 1.82) is 0 Å². The first-order valence-electron chi connectivity index (χ1n) is 14.4. The van der Waals surface area contributed by atoms with Gasteiger partial charge in [0.05, 0.1) is 24.9 Å². The van der Waals surface area contributed by atoms with Gasteiger partial charge in [-0.3, -0.25) is 24.1 Å². The second-order valence-corrected chi connectivity index (χ2v) is 11.5. The number of aromatic nitrogens is 1. The summed E-state index contributed by atoms with van der Waals surface area (Å²) in [6.45, 7) is 0.239. The van der Waals surface area contributed by atoms with Gasteiger partial charge in [-0.25, -0.2) is 4.90 Å². The summed E-state index contributed by atoms with van der Waals surface area (Å²) >= 11 is 0. The average molecular weight is 577 g/mol. The minimum atomic E-state index is -2.21. The number of nitrogens with one attached hydrogen (secondary N) is 2. The number of piperidine rings is 1. The Bertz CT molecular complexity index is 1790. The molecule has 2 bridgehead atoms. The summed E-state index contributed by atoms with van der Waals surface area (Å²) in [4.78, 5) is 62.9. The number of ether oxygens (including phenoxy) is 2. The van der Waals surface area contributed by atoms with Crippen molar-refractivity contribution in [2.45, 2.75) is 23.8 Å². The van der Waals surface area contributed by atoms with E-state index in [0.717, 1.165) is 26.9 Å². The maximum atomic E-state index is 14.5. The fourth-order valence-electron chi connectivity index (χ4n) is 7.47. The van der Waals surface area contributed by atoms with E-state index in [1.165, 1.54) is 4.90 Å². The van der Waals surface area contributed by atoms with Crippen LogP contribution in [0.5, 0.6) is 0 Å². The molecule has 1 spiro atoms. The van der Waals surface area contributed by atoms with E-state index in [0.29, 0.717) is 12.1 Å². The summed E-state index contributed by atoms with van der Waals surface area (Å²) < 4.78 is 12.5. The third-order valence-corrected chi connectivity index (χ3v) is 9.30. The first-order chi connectivity index (χ1) is 21.0. The summed E-state index contributed by atoms with van der Waals surface area (Å²) in [7, 11) is 0. The van der Waals surface area contributed by atoms with Crippen LogP contribution >= 0.6 is 0 Å². The Morgan fingerprint density at radius 2 is 1.60 bits per heavy atom. The van der Waals surface area contributed by atoms with Gasteiger partial charge in [-0.1, -0.05) is 66.7 Å². The lowest BCUT2D eigenvalue weighted by molar-refractivity contribution is -0.206. The highest BCUT2D eigenvalue weighted by Gasteiger charge is 2.86. The van der Waals surface area contributed by atoms with E-state index in [1.807, 2.05) is 60.8 Å². The van der Waals surface area contributed by atoms with Crippen molar-refractivity contribution in [3.63, 3.8) is 0 Å². The number of rotatable bonds is 6. The molecule has 3 aromatic carbocycles. The number of morpholine rings is 1. The fourth-order valence-corrected chi connectivity index (χ4v) is 7.47. The van der Waals surface area contributed by atoms with Gasteiger partial charge in [0.25, 0.3) is 11.8 Å². The van der Waals surface area contributed by atoms with E-state index >= 15 is 0 Å². The van der Waals surface area contributed by atoms with Crippen molar-refractivity contribution in [3.05, 3.63) is 102 Å². The zero-order chi connectivity index (χ0) is 29.3. The highest BCUT2D eigenvalue weighted by Crippen LogP contribution is 2.62. The van der Waals surface area contributed by atoms with Crippen molar-refractivity contribution >= 4 is 40.2 Å². The number of benzene rings is 3. The summed E-state index contributed by atoms with van der Waals surface area (Å²) in [5, 5.41) is 3.93. The number of hydrogen-bond donors (Lipinski definition) is 2. The number of fused-ring (bicyclic) bond motifs is 4. The number of carbonyl (C=O) groups excluding carboxylic acids is 4. The lowest BCUT2D eigenvalue weighted by atomic mass is 9.72. The van der Waals surface area contributed by atoms with Crippen LogP contribution in [-0.2, 0) is 35.1 Å². The highest BCUT2D eigenvalue weighted by atomic mass is 16.6. The lowest BCUT2D eigenvalue weighted by Crippen LogP contribution is -2.67. The van der Waals surface area contributed by atoms with Gasteiger partial charge < -0.3 is 19.8 Å². The molecule has 216 valence electrons. The topological polar surface area (TPSA) is 121 Å². The summed E-state index contributed by atoms with van der Waals surface area (Å²) in [5.41, 5.74) is -0.656. The van der Waals surface area contributed by atoms with Gasteiger partial charge in [-0.15, -0.1) is 0 Å². The van der Waals surface area contributed by atoms with E-state index in [2.05, 4.69) is 10.3 Å². The number of imide groups is 1. The quantitative estimate of drug-likeness (QED) is 0.269. The molecule has 4 saturated heterocycles. The molecule has 5 atom stereocenters. The molecule has 2 N–H and O–H groups in total. The van der Waals surface area contributed by atoms with Gasteiger partial charge in [0.1, 0.15) is 11.8 Å². The number of nitrogens with zero attached hydrogens (tertiary/aromatic N) is 2. The monoisotopic (exact) mass is 576 g/mol. The second-order valence-electron chi connectivity index (χ2n) is 11.5. The largest absolute Gasteiger partial charge is 0.374 e. The Kier molecular flexibility index (Phi) is 5.63. The SMILES string of the molecule is O=C1[C@@H]2[C@H](C(=O)N1c1ccccc1)[C@@]13COC[C@H](c4ccccc4)N1C(=O)[C@]2(C(=O)NCCc1c[nH]c2ccccc12)O3. The molecular weight excluding hydrogens is 548 g/mol. The van der Waals surface area contributed by atoms with Crippen molar-refractivity contribution in [1.82, 2.24) is 15.2 Å². The predicted molar refractivity (Wildman–Crippen MR) is 154 cm³/mol. The maximum absolute atomic E-state index is 14.5. The van der Waals surface area contributed by atoms with Crippen LogP contribution in [0.25, 0.3) is 10.9 Å². The van der Waals surface area contributed by atoms with Gasteiger partial charge >= 0.3 is 0 Å². The van der Waals surface area contributed by atoms with Crippen LogP contribution in [-0.4, -0.2) is 64.6 Å². The molecule has 0 aliphatic carbocycles. The third kappa shape index (κ3) is 3.41. The van der Waals surface area contributed by atoms with Gasteiger partial charge in [0.15, 0.2) is 5.72 Å². The molecule has 4 aliphatic rings. The van der Waals surface area contributed by atoms with Crippen LogP contribution in [0.4, 0.5) is 5.69 Å². The van der Waals surface area contributed by atoms with Crippen LogP contribution in [0.1, 0.15) is 17.2 Å². The highest BCUT2D eigenvalue weighted by molar-refractivity contribution is 6.28. The van der Waals surface area contributed by atoms with Crippen molar-refractivity contribution in [3.8, 4) is 0 Å². The Hall–Kier alpha value is -4.80. The third-order valence-electron chi connectivity index (χ3n) is 9.30. The standard InChI is InChI=1S/C33H28N4O6/c38-28-26-27(29(39)36(28)22-11-5-2-6-12-22)33(30(40)34-16-15-21-17-35-24-14-8-7-13-23(21)24)31(41)37-25(20-9-3-1-4-10-20)18-42-19-32(26,37)43-33/h1-14,17,25-27,35H,15-16,18-19H2,(H,34,40)/t25-,26-,27+,32+,33+/m1/s1. The molecule has 4 fully saturated rings. The molecule has 4 amide bonds. The van der Waals surface area contributed by atoms with Crippen LogP contribution in [0.3, 0.4) is 0 Å². The number of aromatic amines is 1. The number of anilines is 1. The van der Waals surface area contributed by atoms with Crippen molar-refractivity contribution < 1.29 is 28.7 Å². The molecule has 1 aromatic heterocycles. The van der Waals surface area contributed by atoms with Gasteiger partial charge in [0, 0.05) is 23.6 Å². The average Bonchev–Trinajstić information content (AvgIpc) is 3.74. The Labute approximate surface area is 246 Å². The second kappa shape index (κ2) is 9.35. The number of H-pyrrole nitrogens is 1. The molecule has 10 heteroatoms. The maximum Gasteiger partial charge on any atom is 0.268 e. The molecule has 10 nitrogen and oxygen atoms in total. The first-order valence-corrected chi connectivity index (χ1v) is 14.4. The van der Waals surface area contributed by atoms with Gasteiger partial charge in [-0.2, -0.15) is 0 Å². The van der Waals surface area contributed by atoms with E-state index in [9.17, 15) is 19.2 Å². The summed E-state index contributed by atoms with van der Waals surface area (Å²) in [6.07, 6.45) is 2.38. The normalized spacial score (nSPS) is 29.3. The molecule has 43 heavy (non-hydrogen) atoms. The summed E-state index contributed by atoms with van der Waals surface area (Å²) in [5.74, 6) is -4.91. The minimum absolute atomic E-state index is 0.130. The number of carbonyl (C=O) groups is 4. The number of para-hydroxylation sites is 2. The first kappa shape index (κ1) is 25.9.